The van der Waals surface area contributed by atoms with Gasteiger partial charge in [-0.15, -0.1) is 0 Å². The van der Waals surface area contributed by atoms with Crippen molar-refractivity contribution in [3.8, 4) is 11.5 Å². The first-order valence-corrected chi connectivity index (χ1v) is 7.04. The Hall–Kier alpha value is -1.94. The number of halogens is 2. The Bertz CT molecular complexity index is 614. The molecule has 0 aromatic heterocycles. The summed E-state index contributed by atoms with van der Waals surface area (Å²) in [5, 5.41) is 3.16. The van der Waals surface area contributed by atoms with Gasteiger partial charge in [0.05, 0.1) is 0 Å². The molecule has 2 aromatic rings. The number of benzene rings is 2. The molecule has 2 aromatic carbocycles. The lowest BCUT2D eigenvalue weighted by Crippen LogP contribution is -2.15. The molecule has 21 heavy (non-hydrogen) atoms. The van der Waals surface area contributed by atoms with Crippen LogP contribution in [-0.2, 0) is 6.54 Å². The van der Waals surface area contributed by atoms with Gasteiger partial charge in [-0.05, 0) is 55.8 Å². The minimum absolute atomic E-state index is 0.286. The van der Waals surface area contributed by atoms with E-state index in [-0.39, 0.29) is 11.6 Å². The molecule has 0 fully saturated rings. The number of ether oxygens (including phenoxy) is 1. The average Bonchev–Trinajstić information content (AvgIpc) is 2.46. The van der Waals surface area contributed by atoms with Crippen LogP contribution < -0.4 is 10.1 Å². The van der Waals surface area contributed by atoms with Crippen LogP contribution in [-0.4, -0.2) is 6.54 Å². The van der Waals surface area contributed by atoms with Crippen molar-refractivity contribution in [1.82, 2.24) is 5.32 Å². The highest BCUT2D eigenvalue weighted by Gasteiger charge is 2.10. The maximum Gasteiger partial charge on any atom is 0.134 e. The van der Waals surface area contributed by atoms with E-state index < -0.39 is 0 Å². The van der Waals surface area contributed by atoms with Crippen molar-refractivity contribution >= 4 is 0 Å². The van der Waals surface area contributed by atoms with Crippen molar-refractivity contribution < 1.29 is 13.5 Å². The second-order valence-electron chi connectivity index (χ2n) is 4.91. The summed E-state index contributed by atoms with van der Waals surface area (Å²) in [4.78, 5) is 0. The van der Waals surface area contributed by atoms with Gasteiger partial charge in [0.25, 0.3) is 0 Å². The molecule has 0 spiro atoms. The third-order valence-electron chi connectivity index (χ3n) is 3.16. The minimum Gasteiger partial charge on any atom is -0.457 e. The van der Waals surface area contributed by atoms with E-state index in [4.69, 9.17) is 4.74 Å². The molecule has 0 aliphatic rings. The zero-order chi connectivity index (χ0) is 15.2. The number of aryl methyl sites for hydroxylation is 1. The third-order valence-corrected chi connectivity index (χ3v) is 3.16. The smallest absolute Gasteiger partial charge is 0.134 e. The van der Waals surface area contributed by atoms with Crippen LogP contribution in [0.15, 0.2) is 36.4 Å². The van der Waals surface area contributed by atoms with Crippen molar-refractivity contribution in [2.45, 2.75) is 26.8 Å². The Morgan fingerprint density at radius 1 is 1.10 bits per heavy atom. The van der Waals surface area contributed by atoms with Crippen LogP contribution in [0.3, 0.4) is 0 Å². The molecular weight excluding hydrogens is 272 g/mol. The number of hydrogen-bond donors (Lipinski definition) is 1. The van der Waals surface area contributed by atoms with E-state index in [1.807, 2.05) is 6.92 Å². The summed E-state index contributed by atoms with van der Waals surface area (Å²) in [5.41, 5.74) is 0.975. The molecule has 0 saturated carbocycles. The summed E-state index contributed by atoms with van der Waals surface area (Å²) in [6, 6.07) is 9.21. The highest BCUT2D eigenvalue weighted by atomic mass is 19.1. The summed E-state index contributed by atoms with van der Waals surface area (Å²) < 4.78 is 32.9. The molecular formula is C17H19F2NO. The molecule has 0 radical (unpaired) electrons. The average molecular weight is 291 g/mol. The SMILES string of the molecule is CCCNCc1c(F)cccc1Oc1ccc(F)c(C)c1. The van der Waals surface area contributed by atoms with Gasteiger partial charge in [-0.25, -0.2) is 8.78 Å². The van der Waals surface area contributed by atoms with Crippen LogP contribution in [0.4, 0.5) is 8.78 Å². The lowest BCUT2D eigenvalue weighted by Gasteiger charge is -2.13. The van der Waals surface area contributed by atoms with Gasteiger partial charge < -0.3 is 10.1 Å². The second-order valence-corrected chi connectivity index (χ2v) is 4.91. The van der Waals surface area contributed by atoms with Gasteiger partial charge in [0.15, 0.2) is 0 Å². The lowest BCUT2D eigenvalue weighted by molar-refractivity contribution is 0.459. The van der Waals surface area contributed by atoms with E-state index in [1.165, 1.54) is 18.2 Å². The van der Waals surface area contributed by atoms with E-state index in [0.29, 0.717) is 29.2 Å². The van der Waals surface area contributed by atoms with E-state index in [2.05, 4.69) is 5.32 Å². The molecule has 0 unspecified atom stereocenters. The maximum atomic E-state index is 13.9. The molecule has 0 bridgehead atoms. The molecule has 2 rings (SSSR count). The topological polar surface area (TPSA) is 21.3 Å². The van der Waals surface area contributed by atoms with E-state index in [9.17, 15) is 8.78 Å². The van der Waals surface area contributed by atoms with Crippen molar-refractivity contribution in [3.63, 3.8) is 0 Å². The van der Waals surface area contributed by atoms with Gasteiger partial charge in [-0.2, -0.15) is 0 Å². The Morgan fingerprint density at radius 3 is 2.62 bits per heavy atom. The lowest BCUT2D eigenvalue weighted by atomic mass is 10.1. The molecule has 0 saturated heterocycles. The third kappa shape index (κ3) is 4.02. The Morgan fingerprint density at radius 2 is 1.90 bits per heavy atom. The van der Waals surface area contributed by atoms with Gasteiger partial charge in [-0.3, -0.25) is 0 Å². The van der Waals surface area contributed by atoms with Gasteiger partial charge in [0.2, 0.25) is 0 Å². The summed E-state index contributed by atoms with van der Waals surface area (Å²) in [7, 11) is 0. The fourth-order valence-corrected chi connectivity index (χ4v) is 2.00. The summed E-state index contributed by atoms with van der Waals surface area (Å²) in [6.07, 6.45) is 0.974. The molecule has 2 nitrogen and oxygen atoms in total. The van der Waals surface area contributed by atoms with Crippen LogP contribution in [0.1, 0.15) is 24.5 Å². The largest absolute Gasteiger partial charge is 0.457 e. The minimum atomic E-state index is -0.310. The van der Waals surface area contributed by atoms with Gasteiger partial charge in [0.1, 0.15) is 23.1 Å². The predicted molar refractivity (Wildman–Crippen MR) is 79.6 cm³/mol. The molecule has 0 heterocycles. The second kappa shape index (κ2) is 7.18. The Kier molecular flexibility index (Phi) is 5.28. The highest BCUT2D eigenvalue weighted by Crippen LogP contribution is 2.28. The molecule has 0 aliphatic heterocycles. The molecule has 1 N–H and O–H groups in total. The van der Waals surface area contributed by atoms with Crippen LogP contribution in [0.2, 0.25) is 0 Å². The first kappa shape index (κ1) is 15.4. The van der Waals surface area contributed by atoms with Crippen molar-refractivity contribution in [1.29, 1.82) is 0 Å². The van der Waals surface area contributed by atoms with Crippen LogP contribution >= 0.6 is 0 Å². The summed E-state index contributed by atoms with van der Waals surface area (Å²) in [5.74, 6) is 0.349. The first-order valence-electron chi connectivity index (χ1n) is 7.04. The van der Waals surface area contributed by atoms with Crippen LogP contribution in [0.25, 0.3) is 0 Å². The molecule has 4 heteroatoms. The van der Waals surface area contributed by atoms with E-state index >= 15 is 0 Å². The summed E-state index contributed by atoms with van der Waals surface area (Å²) >= 11 is 0. The van der Waals surface area contributed by atoms with E-state index in [0.717, 1.165) is 13.0 Å². The highest BCUT2D eigenvalue weighted by molar-refractivity contribution is 5.39. The van der Waals surface area contributed by atoms with Crippen LogP contribution in [0.5, 0.6) is 11.5 Å². The number of nitrogens with one attached hydrogen (secondary N) is 1. The zero-order valence-electron chi connectivity index (χ0n) is 12.2. The van der Waals surface area contributed by atoms with Gasteiger partial charge in [-0.1, -0.05) is 13.0 Å². The predicted octanol–water partition coefficient (Wildman–Crippen LogP) is 4.57. The number of hydrogen-bond acceptors (Lipinski definition) is 2. The van der Waals surface area contributed by atoms with Crippen molar-refractivity contribution in [2.75, 3.05) is 6.54 Å². The quantitative estimate of drug-likeness (QED) is 0.787. The van der Waals surface area contributed by atoms with E-state index in [1.54, 1.807) is 25.1 Å². The number of rotatable bonds is 6. The molecule has 112 valence electrons. The van der Waals surface area contributed by atoms with Gasteiger partial charge >= 0.3 is 0 Å². The zero-order valence-corrected chi connectivity index (χ0v) is 12.2. The molecule has 0 atom stereocenters. The van der Waals surface area contributed by atoms with Crippen molar-refractivity contribution in [3.05, 3.63) is 59.2 Å². The van der Waals surface area contributed by atoms with Crippen molar-refractivity contribution in [2.24, 2.45) is 0 Å². The summed E-state index contributed by atoms with van der Waals surface area (Å²) in [6.45, 7) is 4.92. The first-order chi connectivity index (χ1) is 10.1. The Balaban J connectivity index is 2.22. The maximum absolute atomic E-state index is 13.9. The molecule has 0 aliphatic carbocycles. The molecule has 0 amide bonds. The monoisotopic (exact) mass is 291 g/mol. The van der Waals surface area contributed by atoms with Crippen LogP contribution in [0, 0.1) is 18.6 Å². The fraction of sp³-hybridized carbons (Fsp3) is 0.294. The Labute approximate surface area is 123 Å². The fourth-order valence-electron chi connectivity index (χ4n) is 2.00. The van der Waals surface area contributed by atoms with Gasteiger partial charge in [0, 0.05) is 12.1 Å². The normalized spacial score (nSPS) is 10.7. The standard InChI is InChI=1S/C17H19F2NO/c1-3-9-20-11-14-16(19)5-4-6-17(14)21-13-7-8-15(18)12(2)10-13/h4-8,10,20H,3,9,11H2,1-2H3.